The first-order chi connectivity index (χ1) is 10.9. The number of rotatable bonds is 7. The maximum absolute atomic E-state index is 6.15. The molecule has 2 unspecified atom stereocenters. The Labute approximate surface area is 152 Å². The van der Waals surface area contributed by atoms with Crippen LogP contribution in [0.15, 0.2) is 18.2 Å². The molecule has 3 rings (SSSR count). The van der Waals surface area contributed by atoms with Crippen molar-refractivity contribution in [2.75, 3.05) is 19.8 Å². The van der Waals surface area contributed by atoms with Crippen LogP contribution in [0.1, 0.15) is 12.0 Å². The van der Waals surface area contributed by atoms with Crippen LogP contribution in [-0.4, -0.2) is 40.5 Å². The first-order valence-corrected chi connectivity index (χ1v) is 15.1. The fourth-order valence-electron chi connectivity index (χ4n) is 2.46. The van der Waals surface area contributed by atoms with E-state index < -0.39 is 14.6 Å². The molecule has 9 heteroatoms. The van der Waals surface area contributed by atoms with Gasteiger partial charge < -0.3 is 18.3 Å². The van der Waals surface area contributed by atoms with Crippen molar-refractivity contribution in [2.45, 2.75) is 31.7 Å². The summed E-state index contributed by atoms with van der Waals surface area (Å²) in [6.07, 6.45) is 1.23. The molecule has 1 saturated heterocycles. The van der Waals surface area contributed by atoms with Crippen LogP contribution in [0, 0.1) is 0 Å². The Morgan fingerprint density at radius 3 is 2.83 bits per heavy atom. The summed E-state index contributed by atoms with van der Waals surface area (Å²) in [7, 11) is -2.21. The molecule has 128 valence electrons. The van der Waals surface area contributed by atoms with Crippen molar-refractivity contribution in [1.29, 1.82) is 0 Å². The van der Waals surface area contributed by atoms with E-state index in [1.54, 1.807) is 0 Å². The topological polar surface area (TPSA) is 40.2 Å². The summed E-state index contributed by atoms with van der Waals surface area (Å²) in [6, 6.07) is 3.65. The summed E-state index contributed by atoms with van der Waals surface area (Å²) >= 11 is 18.2. The molecule has 0 bridgehead atoms. The van der Waals surface area contributed by atoms with Gasteiger partial charge in [-0.2, -0.15) is 0 Å². The van der Waals surface area contributed by atoms with E-state index in [0.717, 1.165) is 35.6 Å². The third kappa shape index (κ3) is 5.09. The molecule has 0 spiro atoms. The van der Waals surface area contributed by atoms with Gasteiger partial charge >= 0.3 is 14.6 Å². The van der Waals surface area contributed by atoms with Crippen LogP contribution in [-0.2, 0) is 20.5 Å². The Morgan fingerprint density at radius 2 is 2.13 bits per heavy atom. The molecule has 2 aliphatic heterocycles. The molecule has 2 aliphatic rings. The molecule has 2 heterocycles. The van der Waals surface area contributed by atoms with Crippen molar-refractivity contribution >= 4 is 53.0 Å². The van der Waals surface area contributed by atoms with Gasteiger partial charge in [0, 0.05) is 18.2 Å². The zero-order valence-corrected chi connectivity index (χ0v) is 17.1. The van der Waals surface area contributed by atoms with E-state index in [1.165, 1.54) is 0 Å². The Kier molecular flexibility index (Phi) is 5.65. The molecule has 4 nitrogen and oxygen atoms in total. The quantitative estimate of drug-likeness (QED) is 0.297. The van der Waals surface area contributed by atoms with E-state index in [4.69, 9.17) is 51.6 Å². The third-order valence-corrected chi connectivity index (χ3v) is 9.47. The van der Waals surface area contributed by atoms with Gasteiger partial charge in [0.05, 0.1) is 19.8 Å². The van der Waals surface area contributed by atoms with E-state index in [2.05, 4.69) is 6.55 Å². The van der Waals surface area contributed by atoms with Crippen LogP contribution >= 0.6 is 33.2 Å². The standard InChI is InChI=1S/C14H19Cl3O4Si2/c1-22(6-2-5-18-9-12-10-19-12)20-8-11-7-13(23(15,16)17)3-4-14(11)21-22/h3-4,7,12H,2,5-6,8-10H2,1H3. The molecule has 23 heavy (non-hydrogen) atoms. The van der Waals surface area contributed by atoms with E-state index in [-0.39, 0.29) is 0 Å². The molecule has 1 fully saturated rings. The fraction of sp³-hybridized carbons (Fsp3) is 0.571. The highest BCUT2D eigenvalue weighted by molar-refractivity contribution is 7.69. The molecule has 2 atom stereocenters. The number of epoxide rings is 1. The lowest BCUT2D eigenvalue weighted by Crippen LogP contribution is -2.45. The van der Waals surface area contributed by atoms with Crippen LogP contribution in [0.4, 0.5) is 0 Å². The molecular weight excluding hydrogens is 395 g/mol. The number of hydrogen-bond acceptors (Lipinski definition) is 4. The van der Waals surface area contributed by atoms with Crippen molar-refractivity contribution < 1.29 is 18.3 Å². The minimum Gasteiger partial charge on any atom is -0.520 e. The second-order valence-electron chi connectivity index (χ2n) is 5.98. The summed E-state index contributed by atoms with van der Waals surface area (Å²) in [6.45, 7) is 4.82. The zero-order valence-electron chi connectivity index (χ0n) is 12.8. The Morgan fingerprint density at radius 1 is 1.35 bits per heavy atom. The van der Waals surface area contributed by atoms with E-state index in [9.17, 15) is 0 Å². The molecule has 0 aromatic heterocycles. The normalized spacial score (nSPS) is 26.5. The second kappa shape index (κ2) is 7.21. The van der Waals surface area contributed by atoms with Gasteiger partial charge in [-0.05, 0) is 24.2 Å². The van der Waals surface area contributed by atoms with Gasteiger partial charge in [0.15, 0.2) is 0 Å². The highest BCUT2D eigenvalue weighted by atomic mass is 35.8. The molecule has 0 saturated carbocycles. The van der Waals surface area contributed by atoms with Gasteiger partial charge in [0.1, 0.15) is 11.9 Å². The summed E-state index contributed by atoms with van der Waals surface area (Å²) < 4.78 is 22.8. The third-order valence-electron chi connectivity index (χ3n) is 3.87. The number of fused-ring (bicyclic) bond motifs is 1. The Balaban J connectivity index is 1.53. The van der Waals surface area contributed by atoms with Crippen LogP contribution in [0.2, 0.25) is 12.6 Å². The largest absolute Gasteiger partial charge is 0.520 e. The number of halogens is 3. The predicted octanol–water partition coefficient (Wildman–Crippen LogP) is 3.34. The smallest absolute Gasteiger partial charge is 0.396 e. The van der Waals surface area contributed by atoms with E-state index in [0.29, 0.717) is 25.9 Å². The van der Waals surface area contributed by atoms with Gasteiger partial charge in [-0.1, -0.05) is 12.1 Å². The number of hydrogen-bond donors (Lipinski definition) is 0. The summed E-state index contributed by atoms with van der Waals surface area (Å²) in [5.41, 5.74) is 0.952. The van der Waals surface area contributed by atoms with Crippen LogP contribution < -0.4 is 9.61 Å². The van der Waals surface area contributed by atoms with Crippen LogP contribution in [0.25, 0.3) is 0 Å². The highest BCUT2D eigenvalue weighted by Crippen LogP contribution is 2.32. The zero-order chi connectivity index (χ0) is 16.5. The van der Waals surface area contributed by atoms with Gasteiger partial charge in [0.25, 0.3) is 0 Å². The molecule has 0 radical (unpaired) electrons. The maximum Gasteiger partial charge on any atom is 0.396 e. The SMILES string of the molecule is C[Si]1(CCCOCC2CO2)OCc2cc([Si](Cl)(Cl)Cl)ccc2O1. The van der Waals surface area contributed by atoms with Crippen molar-refractivity contribution in [2.24, 2.45) is 0 Å². The first kappa shape index (κ1) is 18.0. The minimum absolute atomic E-state index is 0.313. The van der Waals surface area contributed by atoms with Gasteiger partial charge in [-0.3, -0.25) is 0 Å². The van der Waals surface area contributed by atoms with Crippen molar-refractivity contribution in [3.05, 3.63) is 23.8 Å². The number of benzene rings is 1. The van der Waals surface area contributed by atoms with E-state index >= 15 is 0 Å². The Bertz CT molecular complexity index is 565. The van der Waals surface area contributed by atoms with Gasteiger partial charge in [0.2, 0.25) is 0 Å². The van der Waals surface area contributed by atoms with Crippen molar-refractivity contribution in [1.82, 2.24) is 0 Å². The minimum atomic E-state index is -2.87. The lowest BCUT2D eigenvalue weighted by Gasteiger charge is -2.33. The highest BCUT2D eigenvalue weighted by Gasteiger charge is 2.38. The molecule has 1 aromatic carbocycles. The lowest BCUT2D eigenvalue weighted by atomic mass is 10.2. The van der Waals surface area contributed by atoms with Crippen LogP contribution in [0.5, 0.6) is 5.75 Å². The average molecular weight is 414 g/mol. The molecule has 1 aromatic rings. The first-order valence-electron chi connectivity index (χ1n) is 7.58. The molecule has 0 N–H and O–H groups in total. The molecule has 0 amide bonds. The Hall–Kier alpha value is 0.204. The average Bonchev–Trinajstić information content (AvgIpc) is 3.29. The fourth-order valence-corrected chi connectivity index (χ4v) is 6.34. The predicted molar refractivity (Wildman–Crippen MR) is 96.4 cm³/mol. The van der Waals surface area contributed by atoms with E-state index in [1.807, 2.05) is 18.2 Å². The molecular formula is C14H19Cl3O4Si2. The summed E-state index contributed by atoms with van der Waals surface area (Å²) in [5, 5.41) is 0.759. The van der Waals surface area contributed by atoms with Crippen molar-refractivity contribution in [3.8, 4) is 5.75 Å². The summed E-state index contributed by atoms with van der Waals surface area (Å²) in [4.78, 5) is 0. The van der Waals surface area contributed by atoms with Crippen molar-refractivity contribution in [3.63, 3.8) is 0 Å². The molecule has 0 aliphatic carbocycles. The van der Waals surface area contributed by atoms with Gasteiger partial charge in [-0.25, -0.2) is 0 Å². The lowest BCUT2D eigenvalue weighted by molar-refractivity contribution is 0.114. The monoisotopic (exact) mass is 412 g/mol. The maximum atomic E-state index is 6.15. The summed E-state index contributed by atoms with van der Waals surface area (Å²) in [5.74, 6) is 0.852. The van der Waals surface area contributed by atoms with Crippen LogP contribution in [0.3, 0.4) is 0 Å². The van der Waals surface area contributed by atoms with Gasteiger partial charge in [-0.15, -0.1) is 33.2 Å². The second-order valence-corrected chi connectivity index (χ2v) is 17.7. The number of ether oxygens (including phenoxy) is 2.